The van der Waals surface area contributed by atoms with E-state index in [1.54, 1.807) is 42.7 Å². The van der Waals surface area contributed by atoms with Crippen molar-refractivity contribution in [2.24, 2.45) is 0 Å². The van der Waals surface area contributed by atoms with Gasteiger partial charge in [-0.3, -0.25) is 9.36 Å². The standard InChI is InChI=1S/C22H18ClN5O2/c23-15-4-3-5-17(12-15)27-22(30)24-13-21(29)26-16-8-10-18(11-9-16)28-14-25-19-6-1-2-7-20(19)28/h1-12,14H,13H2,(H,26,29)(H2,24,27,30). The first kappa shape index (κ1) is 19.5. The van der Waals surface area contributed by atoms with Gasteiger partial charge in [-0.05, 0) is 54.6 Å². The van der Waals surface area contributed by atoms with Gasteiger partial charge >= 0.3 is 6.03 Å². The third-order valence-corrected chi connectivity index (χ3v) is 4.61. The third-order valence-electron chi connectivity index (χ3n) is 4.37. The van der Waals surface area contributed by atoms with Crippen molar-refractivity contribution in [3.05, 3.63) is 84.1 Å². The number of halogens is 1. The first-order chi connectivity index (χ1) is 14.6. The van der Waals surface area contributed by atoms with Crippen LogP contribution in [0, 0.1) is 0 Å². The van der Waals surface area contributed by atoms with Gasteiger partial charge in [0.05, 0.1) is 17.6 Å². The second-order valence-corrected chi connectivity index (χ2v) is 6.95. The lowest BCUT2D eigenvalue weighted by Gasteiger charge is -2.10. The van der Waals surface area contributed by atoms with Crippen molar-refractivity contribution in [1.82, 2.24) is 14.9 Å². The number of aromatic nitrogens is 2. The first-order valence-corrected chi connectivity index (χ1v) is 9.59. The Labute approximate surface area is 177 Å². The number of carbonyl (C=O) groups is 2. The van der Waals surface area contributed by atoms with E-state index in [1.807, 2.05) is 41.0 Å². The minimum absolute atomic E-state index is 0.166. The zero-order chi connectivity index (χ0) is 20.9. The summed E-state index contributed by atoms with van der Waals surface area (Å²) in [5.41, 5.74) is 4.02. The summed E-state index contributed by atoms with van der Waals surface area (Å²) in [5.74, 6) is -0.336. The van der Waals surface area contributed by atoms with Gasteiger partial charge in [0.25, 0.3) is 0 Å². The van der Waals surface area contributed by atoms with Gasteiger partial charge in [-0.15, -0.1) is 0 Å². The molecule has 0 aliphatic rings. The molecular weight excluding hydrogens is 402 g/mol. The first-order valence-electron chi connectivity index (χ1n) is 9.21. The van der Waals surface area contributed by atoms with Crippen LogP contribution in [0.25, 0.3) is 16.7 Å². The number of anilines is 2. The molecule has 0 saturated heterocycles. The van der Waals surface area contributed by atoms with Gasteiger partial charge in [0.2, 0.25) is 5.91 Å². The molecule has 0 fully saturated rings. The number of nitrogens with one attached hydrogen (secondary N) is 3. The van der Waals surface area contributed by atoms with Crippen LogP contribution in [0.2, 0.25) is 5.02 Å². The number of hydrogen-bond acceptors (Lipinski definition) is 3. The Morgan fingerprint density at radius 2 is 1.70 bits per heavy atom. The van der Waals surface area contributed by atoms with Gasteiger partial charge in [0.15, 0.2) is 0 Å². The summed E-state index contributed by atoms with van der Waals surface area (Å²) in [4.78, 5) is 28.4. The molecule has 4 aromatic rings. The van der Waals surface area contributed by atoms with Crippen LogP contribution in [-0.2, 0) is 4.79 Å². The van der Waals surface area contributed by atoms with Crippen molar-refractivity contribution in [2.45, 2.75) is 0 Å². The molecule has 150 valence electrons. The third kappa shape index (κ3) is 4.59. The topological polar surface area (TPSA) is 88.0 Å². The summed E-state index contributed by atoms with van der Waals surface area (Å²) in [6.07, 6.45) is 1.76. The van der Waals surface area contributed by atoms with E-state index in [0.29, 0.717) is 16.4 Å². The molecule has 0 aliphatic heterocycles. The minimum atomic E-state index is -0.491. The number of hydrogen-bond donors (Lipinski definition) is 3. The smallest absolute Gasteiger partial charge is 0.319 e. The largest absolute Gasteiger partial charge is 0.329 e. The van der Waals surface area contributed by atoms with Crippen LogP contribution in [0.5, 0.6) is 0 Å². The molecule has 0 radical (unpaired) electrons. The molecule has 7 nitrogen and oxygen atoms in total. The molecule has 0 saturated carbocycles. The normalized spacial score (nSPS) is 10.6. The predicted molar refractivity (Wildman–Crippen MR) is 118 cm³/mol. The van der Waals surface area contributed by atoms with Gasteiger partial charge in [-0.1, -0.05) is 29.8 Å². The quantitative estimate of drug-likeness (QED) is 0.447. The van der Waals surface area contributed by atoms with Crippen molar-refractivity contribution < 1.29 is 9.59 Å². The van der Waals surface area contributed by atoms with Gasteiger partial charge in [0, 0.05) is 22.1 Å². The number of imidazole rings is 1. The Bertz CT molecular complexity index is 1200. The number of nitrogens with zero attached hydrogens (tertiary/aromatic N) is 2. The molecule has 0 aliphatic carbocycles. The molecular formula is C22H18ClN5O2. The number of fused-ring (bicyclic) bond motifs is 1. The maximum Gasteiger partial charge on any atom is 0.319 e. The van der Waals surface area contributed by atoms with Crippen LogP contribution >= 0.6 is 11.6 Å². The van der Waals surface area contributed by atoms with E-state index >= 15 is 0 Å². The lowest BCUT2D eigenvalue weighted by atomic mass is 10.2. The van der Waals surface area contributed by atoms with E-state index in [9.17, 15) is 9.59 Å². The second-order valence-electron chi connectivity index (χ2n) is 6.52. The van der Waals surface area contributed by atoms with E-state index in [4.69, 9.17) is 11.6 Å². The van der Waals surface area contributed by atoms with Gasteiger partial charge in [0.1, 0.15) is 6.33 Å². The Hall–Kier alpha value is -3.84. The number of benzene rings is 3. The highest BCUT2D eigenvalue weighted by molar-refractivity contribution is 6.30. The lowest BCUT2D eigenvalue weighted by Crippen LogP contribution is -2.35. The van der Waals surface area contributed by atoms with E-state index in [2.05, 4.69) is 20.9 Å². The number of rotatable bonds is 5. The van der Waals surface area contributed by atoms with Crippen LogP contribution in [0.3, 0.4) is 0 Å². The Morgan fingerprint density at radius 1 is 0.900 bits per heavy atom. The molecule has 0 bridgehead atoms. The number of amides is 3. The fourth-order valence-corrected chi connectivity index (χ4v) is 3.17. The molecule has 30 heavy (non-hydrogen) atoms. The Morgan fingerprint density at radius 3 is 2.50 bits per heavy atom. The Balaban J connectivity index is 1.32. The zero-order valence-electron chi connectivity index (χ0n) is 15.8. The van der Waals surface area contributed by atoms with Crippen LogP contribution in [0.1, 0.15) is 0 Å². The van der Waals surface area contributed by atoms with Crippen molar-refractivity contribution >= 4 is 45.9 Å². The molecule has 1 heterocycles. The van der Waals surface area contributed by atoms with Crippen LogP contribution in [-0.4, -0.2) is 28.0 Å². The lowest BCUT2D eigenvalue weighted by molar-refractivity contribution is -0.115. The SMILES string of the molecule is O=C(CNC(=O)Nc1cccc(Cl)c1)Nc1ccc(-n2cnc3ccccc32)cc1. The van der Waals surface area contributed by atoms with Crippen molar-refractivity contribution in [3.8, 4) is 5.69 Å². The number of urea groups is 1. The molecule has 0 spiro atoms. The maximum absolute atomic E-state index is 12.1. The van der Waals surface area contributed by atoms with E-state index in [0.717, 1.165) is 16.7 Å². The molecule has 0 atom stereocenters. The molecule has 3 amide bonds. The summed E-state index contributed by atoms with van der Waals surface area (Å²) in [7, 11) is 0. The van der Waals surface area contributed by atoms with Gasteiger partial charge < -0.3 is 16.0 Å². The molecule has 0 unspecified atom stereocenters. The van der Waals surface area contributed by atoms with Crippen molar-refractivity contribution in [2.75, 3.05) is 17.2 Å². The maximum atomic E-state index is 12.1. The average molecular weight is 420 g/mol. The van der Waals surface area contributed by atoms with Crippen LogP contribution in [0.4, 0.5) is 16.2 Å². The zero-order valence-corrected chi connectivity index (χ0v) is 16.6. The summed E-state index contributed by atoms with van der Waals surface area (Å²) >= 11 is 5.88. The van der Waals surface area contributed by atoms with E-state index in [1.165, 1.54) is 0 Å². The highest BCUT2D eigenvalue weighted by Gasteiger charge is 2.08. The molecule has 3 N–H and O–H groups in total. The predicted octanol–water partition coefficient (Wildman–Crippen LogP) is 4.44. The molecule has 1 aromatic heterocycles. The summed E-state index contributed by atoms with van der Waals surface area (Å²) in [6, 6.07) is 21.5. The highest BCUT2D eigenvalue weighted by atomic mass is 35.5. The molecule has 4 rings (SSSR count). The monoisotopic (exact) mass is 419 g/mol. The average Bonchev–Trinajstić information content (AvgIpc) is 3.17. The summed E-state index contributed by atoms with van der Waals surface area (Å²) in [6.45, 7) is -0.166. The fourth-order valence-electron chi connectivity index (χ4n) is 2.98. The molecule has 3 aromatic carbocycles. The van der Waals surface area contributed by atoms with Crippen molar-refractivity contribution in [1.29, 1.82) is 0 Å². The van der Waals surface area contributed by atoms with E-state index in [-0.39, 0.29) is 12.5 Å². The van der Waals surface area contributed by atoms with Gasteiger partial charge in [-0.2, -0.15) is 0 Å². The molecule has 8 heteroatoms. The van der Waals surface area contributed by atoms with Crippen LogP contribution in [0.15, 0.2) is 79.1 Å². The van der Waals surface area contributed by atoms with Crippen molar-refractivity contribution in [3.63, 3.8) is 0 Å². The summed E-state index contributed by atoms with van der Waals surface area (Å²) < 4.78 is 1.97. The number of carbonyl (C=O) groups excluding carboxylic acids is 2. The van der Waals surface area contributed by atoms with Crippen LogP contribution < -0.4 is 16.0 Å². The fraction of sp³-hybridized carbons (Fsp3) is 0.0455. The van der Waals surface area contributed by atoms with E-state index < -0.39 is 6.03 Å². The summed E-state index contributed by atoms with van der Waals surface area (Å²) in [5, 5.41) is 8.39. The number of para-hydroxylation sites is 2. The Kier molecular flexibility index (Phi) is 5.63. The van der Waals surface area contributed by atoms with Gasteiger partial charge in [-0.25, -0.2) is 9.78 Å². The second kappa shape index (κ2) is 8.67. The minimum Gasteiger partial charge on any atom is -0.329 e. The highest BCUT2D eigenvalue weighted by Crippen LogP contribution is 2.19.